The minimum absolute atomic E-state index is 0.0524. The summed E-state index contributed by atoms with van der Waals surface area (Å²) in [5.74, 6) is 0.245. The highest BCUT2D eigenvalue weighted by atomic mass is 79.9. The van der Waals surface area contributed by atoms with Crippen LogP contribution in [0.2, 0.25) is 0 Å². The summed E-state index contributed by atoms with van der Waals surface area (Å²) < 4.78 is 1.06. The number of likely N-dealkylation sites (tertiary alicyclic amines) is 1. The second kappa shape index (κ2) is 5.78. The van der Waals surface area contributed by atoms with Crippen LogP contribution in [-0.4, -0.2) is 23.8 Å². The maximum absolute atomic E-state index is 11.9. The van der Waals surface area contributed by atoms with Gasteiger partial charge in [0.2, 0.25) is 0 Å². The van der Waals surface area contributed by atoms with Gasteiger partial charge in [0.1, 0.15) is 0 Å². The van der Waals surface area contributed by atoms with Crippen LogP contribution in [-0.2, 0) is 4.79 Å². The molecule has 0 radical (unpaired) electrons. The van der Waals surface area contributed by atoms with Crippen LogP contribution < -0.4 is 0 Å². The molecule has 0 aliphatic carbocycles. The highest BCUT2D eigenvalue weighted by molar-refractivity contribution is 9.10. The van der Waals surface area contributed by atoms with E-state index in [9.17, 15) is 4.79 Å². The lowest BCUT2D eigenvalue weighted by Gasteiger charge is -2.33. The summed E-state index contributed by atoms with van der Waals surface area (Å²) in [6, 6.07) is 8.06. The fourth-order valence-electron chi connectivity index (χ4n) is 2.52. The number of hydrogen-bond acceptors (Lipinski definition) is 2. The van der Waals surface area contributed by atoms with Gasteiger partial charge in [-0.25, -0.2) is 0 Å². The Morgan fingerprint density at radius 1 is 1.18 bits per heavy atom. The first-order chi connectivity index (χ1) is 8.18. The summed E-state index contributed by atoms with van der Waals surface area (Å²) in [6.07, 6.45) is 3.71. The van der Waals surface area contributed by atoms with Crippen molar-refractivity contribution < 1.29 is 4.79 Å². The third-order valence-electron chi connectivity index (χ3n) is 3.33. The third kappa shape index (κ3) is 3.17. The highest BCUT2D eigenvalue weighted by Gasteiger charge is 2.25. The number of carbonyl (C=O) groups excluding carboxylic acids is 1. The maximum Gasteiger partial charge on any atom is 0.151 e. The number of halogens is 1. The van der Waals surface area contributed by atoms with Crippen LogP contribution in [0.1, 0.15) is 37.8 Å². The molecule has 2 rings (SSSR count). The summed E-state index contributed by atoms with van der Waals surface area (Å²) in [5.41, 5.74) is 1.11. The van der Waals surface area contributed by atoms with Gasteiger partial charge in [0.15, 0.2) is 5.78 Å². The number of piperidine rings is 1. The van der Waals surface area contributed by atoms with Crippen LogP contribution in [0.4, 0.5) is 0 Å². The Balaban J connectivity index is 2.21. The van der Waals surface area contributed by atoms with E-state index in [4.69, 9.17) is 0 Å². The number of nitrogens with zero attached hydrogens (tertiary/aromatic N) is 1. The molecule has 0 spiro atoms. The zero-order valence-corrected chi connectivity index (χ0v) is 11.7. The molecule has 1 fully saturated rings. The largest absolute Gasteiger partial charge is 0.298 e. The Morgan fingerprint density at radius 3 is 2.29 bits per heavy atom. The number of rotatable bonds is 3. The molecule has 3 heteroatoms. The van der Waals surface area contributed by atoms with Crippen molar-refractivity contribution in [1.29, 1.82) is 0 Å². The van der Waals surface area contributed by atoms with Gasteiger partial charge < -0.3 is 0 Å². The maximum atomic E-state index is 11.9. The topological polar surface area (TPSA) is 20.3 Å². The van der Waals surface area contributed by atoms with Crippen LogP contribution in [0.5, 0.6) is 0 Å². The van der Waals surface area contributed by atoms with Crippen LogP contribution in [0.25, 0.3) is 0 Å². The molecule has 92 valence electrons. The fraction of sp³-hybridized carbons (Fsp3) is 0.500. The van der Waals surface area contributed by atoms with Gasteiger partial charge in [0.05, 0.1) is 6.04 Å². The van der Waals surface area contributed by atoms with E-state index < -0.39 is 0 Å². The second-order valence-electron chi connectivity index (χ2n) is 4.66. The predicted molar refractivity (Wildman–Crippen MR) is 73.0 cm³/mol. The van der Waals surface area contributed by atoms with Gasteiger partial charge in [-0.2, -0.15) is 0 Å². The molecule has 0 saturated carbocycles. The highest BCUT2D eigenvalue weighted by Crippen LogP contribution is 2.26. The molecule has 1 aliphatic heterocycles. The van der Waals surface area contributed by atoms with E-state index in [1.807, 2.05) is 24.3 Å². The molecule has 0 bridgehead atoms. The van der Waals surface area contributed by atoms with Crippen LogP contribution in [0.3, 0.4) is 0 Å². The molecule has 1 aromatic carbocycles. The van der Waals surface area contributed by atoms with Crippen molar-refractivity contribution in [2.75, 3.05) is 13.1 Å². The van der Waals surface area contributed by atoms with E-state index in [-0.39, 0.29) is 11.8 Å². The Bertz CT molecular complexity index is 382. The monoisotopic (exact) mass is 295 g/mol. The number of hydrogen-bond donors (Lipinski definition) is 0. The first-order valence-electron chi connectivity index (χ1n) is 6.18. The Hall–Kier alpha value is -0.670. The molecule has 1 heterocycles. The lowest BCUT2D eigenvalue weighted by atomic mass is 9.99. The minimum atomic E-state index is -0.0524. The summed E-state index contributed by atoms with van der Waals surface area (Å²) in [5, 5.41) is 0. The fourth-order valence-corrected chi connectivity index (χ4v) is 2.79. The lowest BCUT2D eigenvalue weighted by molar-refractivity contribution is -0.122. The molecule has 1 saturated heterocycles. The van der Waals surface area contributed by atoms with Crippen LogP contribution in [0, 0.1) is 0 Å². The zero-order valence-electron chi connectivity index (χ0n) is 10.2. The summed E-state index contributed by atoms with van der Waals surface area (Å²) in [4.78, 5) is 14.2. The molecular weight excluding hydrogens is 278 g/mol. The molecule has 2 nitrogen and oxygen atoms in total. The van der Waals surface area contributed by atoms with Gasteiger partial charge in [-0.1, -0.05) is 34.5 Å². The number of Topliss-reactive ketones (excluding diaryl/α,β-unsaturated/α-hetero) is 1. The van der Waals surface area contributed by atoms with Crippen molar-refractivity contribution in [2.45, 2.75) is 32.2 Å². The molecule has 0 amide bonds. The second-order valence-corrected chi connectivity index (χ2v) is 5.58. The molecule has 1 aliphatic rings. The lowest BCUT2D eigenvalue weighted by Crippen LogP contribution is -2.37. The van der Waals surface area contributed by atoms with Crippen molar-refractivity contribution in [1.82, 2.24) is 4.90 Å². The van der Waals surface area contributed by atoms with Gasteiger partial charge >= 0.3 is 0 Å². The van der Waals surface area contributed by atoms with E-state index in [2.05, 4.69) is 20.8 Å². The van der Waals surface area contributed by atoms with Gasteiger partial charge in [0.25, 0.3) is 0 Å². The van der Waals surface area contributed by atoms with E-state index in [1.54, 1.807) is 6.92 Å². The van der Waals surface area contributed by atoms with Gasteiger partial charge in [-0.3, -0.25) is 9.69 Å². The van der Waals surface area contributed by atoms with Crippen molar-refractivity contribution in [3.63, 3.8) is 0 Å². The molecular formula is C14H18BrNO. The molecule has 0 N–H and O–H groups in total. The zero-order chi connectivity index (χ0) is 12.3. The van der Waals surface area contributed by atoms with E-state index in [1.165, 1.54) is 19.3 Å². The van der Waals surface area contributed by atoms with Crippen molar-refractivity contribution in [3.05, 3.63) is 34.3 Å². The number of ketones is 1. The molecule has 0 aromatic heterocycles. The quantitative estimate of drug-likeness (QED) is 0.850. The summed E-state index contributed by atoms with van der Waals surface area (Å²) >= 11 is 3.43. The Labute approximate surface area is 111 Å². The minimum Gasteiger partial charge on any atom is -0.298 e. The third-order valence-corrected chi connectivity index (χ3v) is 3.86. The Kier molecular flexibility index (Phi) is 4.35. The van der Waals surface area contributed by atoms with E-state index in [0.717, 1.165) is 23.1 Å². The van der Waals surface area contributed by atoms with Crippen LogP contribution >= 0.6 is 15.9 Å². The van der Waals surface area contributed by atoms with Crippen molar-refractivity contribution in [2.24, 2.45) is 0 Å². The van der Waals surface area contributed by atoms with E-state index in [0.29, 0.717) is 0 Å². The normalized spacial score (nSPS) is 18.9. The van der Waals surface area contributed by atoms with Gasteiger partial charge in [-0.15, -0.1) is 0 Å². The van der Waals surface area contributed by atoms with Crippen LogP contribution in [0.15, 0.2) is 28.7 Å². The first kappa shape index (κ1) is 12.8. The summed E-state index contributed by atoms with van der Waals surface area (Å²) in [7, 11) is 0. The Morgan fingerprint density at radius 2 is 1.76 bits per heavy atom. The van der Waals surface area contributed by atoms with Crippen molar-refractivity contribution in [3.8, 4) is 0 Å². The molecule has 17 heavy (non-hydrogen) atoms. The molecule has 1 unspecified atom stereocenters. The average molecular weight is 296 g/mol. The smallest absolute Gasteiger partial charge is 0.151 e. The average Bonchev–Trinajstić information content (AvgIpc) is 2.33. The predicted octanol–water partition coefficient (Wildman–Crippen LogP) is 3.57. The van der Waals surface area contributed by atoms with Gasteiger partial charge in [-0.05, 0) is 50.6 Å². The number of carbonyl (C=O) groups is 1. The number of benzene rings is 1. The molecule has 1 aromatic rings. The van der Waals surface area contributed by atoms with E-state index >= 15 is 0 Å². The van der Waals surface area contributed by atoms with Gasteiger partial charge in [0, 0.05) is 4.47 Å². The summed E-state index contributed by atoms with van der Waals surface area (Å²) in [6.45, 7) is 3.78. The SMILES string of the molecule is CC(=O)C(c1ccc(Br)cc1)N1CCCCC1. The standard InChI is InChI=1S/C14H18BrNO/c1-11(17)14(16-9-3-2-4-10-16)12-5-7-13(15)8-6-12/h5-8,14H,2-4,9-10H2,1H3. The van der Waals surface area contributed by atoms with Crippen molar-refractivity contribution >= 4 is 21.7 Å². The first-order valence-corrected chi connectivity index (χ1v) is 6.98. The molecule has 1 atom stereocenters.